The summed E-state index contributed by atoms with van der Waals surface area (Å²) >= 11 is 1.52. The van der Waals surface area contributed by atoms with E-state index < -0.39 is 0 Å². The highest BCUT2D eigenvalue weighted by Gasteiger charge is 2.41. The van der Waals surface area contributed by atoms with E-state index in [1.807, 2.05) is 30.3 Å². The number of aromatic nitrogens is 1. The Hall–Kier alpha value is -2.70. The van der Waals surface area contributed by atoms with Crippen molar-refractivity contribution in [2.24, 2.45) is 5.73 Å². The molecule has 31 heavy (non-hydrogen) atoms. The first kappa shape index (κ1) is 19.0. The Morgan fingerprint density at radius 2 is 2.00 bits per heavy atom. The van der Waals surface area contributed by atoms with Crippen molar-refractivity contribution >= 4 is 38.2 Å². The Balaban J connectivity index is 1.64. The molecule has 0 saturated carbocycles. The molecule has 2 aliphatic heterocycles. The van der Waals surface area contributed by atoms with Crippen LogP contribution in [0.1, 0.15) is 38.3 Å². The first-order valence-corrected chi connectivity index (χ1v) is 11.6. The molecule has 2 N–H and O–H groups in total. The molecule has 158 valence electrons. The van der Waals surface area contributed by atoms with Gasteiger partial charge in [0.2, 0.25) is 0 Å². The second kappa shape index (κ2) is 6.17. The van der Waals surface area contributed by atoms with E-state index in [0.29, 0.717) is 16.2 Å². The fourth-order valence-electron chi connectivity index (χ4n) is 5.31. The highest BCUT2D eigenvalue weighted by molar-refractivity contribution is 7.21. The molecule has 5 nitrogen and oxygen atoms in total. The van der Waals surface area contributed by atoms with E-state index in [1.54, 1.807) is 0 Å². The molecule has 2 aromatic carbocycles. The SMILES string of the molecule is CC1(C)CCN2C[C@](C)(N)Cc3cc4cc(-c5nc6ccccc6s5)c(=O)oc4c1c32. The largest absolute Gasteiger partial charge is 0.422 e. The van der Waals surface area contributed by atoms with Gasteiger partial charge in [0.1, 0.15) is 10.6 Å². The number of para-hydroxylation sites is 1. The summed E-state index contributed by atoms with van der Waals surface area (Å²) in [4.78, 5) is 20.2. The van der Waals surface area contributed by atoms with E-state index in [-0.39, 0.29) is 16.6 Å². The van der Waals surface area contributed by atoms with E-state index in [2.05, 4.69) is 36.7 Å². The number of hydrogen-bond acceptors (Lipinski definition) is 6. The molecule has 0 bridgehead atoms. The van der Waals surface area contributed by atoms with Gasteiger partial charge in [-0.1, -0.05) is 26.0 Å². The van der Waals surface area contributed by atoms with Gasteiger partial charge in [0.05, 0.1) is 15.8 Å². The van der Waals surface area contributed by atoms with Crippen LogP contribution >= 0.6 is 11.3 Å². The van der Waals surface area contributed by atoms with Crippen molar-refractivity contribution in [3.05, 3.63) is 57.9 Å². The topological polar surface area (TPSA) is 72.4 Å². The molecule has 4 aromatic rings. The average molecular weight is 432 g/mol. The molecule has 0 fully saturated rings. The van der Waals surface area contributed by atoms with Crippen molar-refractivity contribution in [3.63, 3.8) is 0 Å². The molecule has 0 unspecified atom stereocenters. The van der Waals surface area contributed by atoms with Gasteiger partial charge in [0, 0.05) is 35.3 Å². The Morgan fingerprint density at radius 3 is 2.81 bits per heavy atom. The van der Waals surface area contributed by atoms with Crippen LogP contribution in [0, 0.1) is 0 Å². The van der Waals surface area contributed by atoms with Gasteiger partial charge in [0.25, 0.3) is 0 Å². The van der Waals surface area contributed by atoms with Crippen LogP contribution in [0.2, 0.25) is 0 Å². The van der Waals surface area contributed by atoms with Gasteiger partial charge in [-0.25, -0.2) is 9.78 Å². The molecular formula is C25H25N3O2S. The lowest BCUT2D eigenvalue weighted by molar-refractivity contribution is 0.388. The predicted octanol–water partition coefficient (Wildman–Crippen LogP) is 4.83. The van der Waals surface area contributed by atoms with Crippen LogP contribution in [-0.4, -0.2) is 23.6 Å². The summed E-state index contributed by atoms with van der Waals surface area (Å²) in [6.45, 7) is 8.41. The summed E-state index contributed by atoms with van der Waals surface area (Å²) in [6.07, 6.45) is 1.81. The number of hydrogen-bond donors (Lipinski definition) is 1. The normalized spacial score (nSPS) is 22.1. The van der Waals surface area contributed by atoms with Crippen LogP contribution < -0.4 is 16.3 Å². The lowest BCUT2D eigenvalue weighted by Gasteiger charge is -2.48. The van der Waals surface area contributed by atoms with Crippen LogP contribution in [0.3, 0.4) is 0 Å². The number of nitrogens with two attached hydrogens (primary N) is 1. The van der Waals surface area contributed by atoms with Crippen molar-refractivity contribution in [2.75, 3.05) is 18.0 Å². The molecule has 0 aliphatic carbocycles. The maximum atomic E-state index is 13.1. The van der Waals surface area contributed by atoms with E-state index >= 15 is 0 Å². The Morgan fingerprint density at radius 1 is 1.19 bits per heavy atom. The van der Waals surface area contributed by atoms with E-state index in [0.717, 1.165) is 47.1 Å². The zero-order valence-electron chi connectivity index (χ0n) is 18.0. The van der Waals surface area contributed by atoms with E-state index in [9.17, 15) is 4.79 Å². The highest BCUT2D eigenvalue weighted by atomic mass is 32.1. The third-order valence-corrected chi connectivity index (χ3v) is 7.81. The maximum Gasteiger partial charge on any atom is 0.346 e. The summed E-state index contributed by atoms with van der Waals surface area (Å²) in [6, 6.07) is 12.1. The summed E-state index contributed by atoms with van der Waals surface area (Å²) in [5.74, 6) is 0. The quantitative estimate of drug-likeness (QED) is 0.437. The van der Waals surface area contributed by atoms with Gasteiger partial charge >= 0.3 is 5.63 Å². The van der Waals surface area contributed by atoms with Crippen LogP contribution in [0.5, 0.6) is 0 Å². The van der Waals surface area contributed by atoms with Gasteiger partial charge in [-0.3, -0.25) is 0 Å². The predicted molar refractivity (Wildman–Crippen MR) is 127 cm³/mol. The third-order valence-electron chi connectivity index (χ3n) is 6.74. The number of rotatable bonds is 1. The van der Waals surface area contributed by atoms with Gasteiger partial charge in [-0.15, -0.1) is 11.3 Å². The molecule has 2 aromatic heterocycles. The monoisotopic (exact) mass is 431 g/mol. The standard InChI is InChI=1S/C25H25N3O2S/c1-24(2)8-9-28-13-25(3,26)12-15-10-14-11-16(23(29)30-21(14)19(24)20(15)28)22-27-17-6-4-5-7-18(17)31-22/h4-7,10-11H,8-9,12-13,26H2,1-3H3/t25-/m1/s1. The van der Waals surface area contributed by atoms with Crippen molar-refractivity contribution in [1.29, 1.82) is 0 Å². The molecule has 0 radical (unpaired) electrons. The van der Waals surface area contributed by atoms with Gasteiger partial charge in [-0.2, -0.15) is 0 Å². The van der Waals surface area contributed by atoms with Crippen LogP contribution in [-0.2, 0) is 11.8 Å². The Labute approximate surface area is 184 Å². The molecule has 6 rings (SSSR count). The summed E-state index contributed by atoms with van der Waals surface area (Å²) in [5, 5.41) is 1.66. The van der Waals surface area contributed by atoms with Crippen molar-refractivity contribution in [2.45, 2.75) is 44.6 Å². The molecule has 1 atom stereocenters. The number of fused-ring (bicyclic) bond motifs is 3. The number of anilines is 1. The zero-order valence-corrected chi connectivity index (χ0v) is 18.8. The molecule has 0 saturated heterocycles. The van der Waals surface area contributed by atoms with Crippen molar-refractivity contribution in [3.8, 4) is 10.6 Å². The third kappa shape index (κ3) is 2.85. The van der Waals surface area contributed by atoms with Gasteiger partial charge in [0.15, 0.2) is 0 Å². The number of benzene rings is 2. The molecule has 0 spiro atoms. The lowest BCUT2D eigenvalue weighted by Crippen LogP contribution is -2.55. The van der Waals surface area contributed by atoms with Crippen LogP contribution in [0.4, 0.5) is 5.69 Å². The van der Waals surface area contributed by atoms with Crippen molar-refractivity contribution in [1.82, 2.24) is 4.98 Å². The minimum Gasteiger partial charge on any atom is -0.422 e. The zero-order chi connectivity index (χ0) is 21.5. The molecule has 6 heteroatoms. The minimum atomic E-state index is -0.324. The first-order chi connectivity index (χ1) is 14.7. The number of thiazole rings is 1. The lowest BCUT2D eigenvalue weighted by atomic mass is 9.72. The summed E-state index contributed by atoms with van der Waals surface area (Å²) < 4.78 is 7.12. The summed E-state index contributed by atoms with van der Waals surface area (Å²) in [5.41, 5.74) is 11.7. The molecule has 2 aliphatic rings. The van der Waals surface area contributed by atoms with E-state index in [4.69, 9.17) is 10.2 Å². The fourth-order valence-corrected chi connectivity index (χ4v) is 6.28. The van der Waals surface area contributed by atoms with Crippen molar-refractivity contribution < 1.29 is 4.42 Å². The average Bonchev–Trinajstić information content (AvgIpc) is 3.13. The second-order valence-electron chi connectivity index (χ2n) is 10.00. The summed E-state index contributed by atoms with van der Waals surface area (Å²) in [7, 11) is 0. The fraction of sp³-hybridized carbons (Fsp3) is 0.360. The highest BCUT2D eigenvalue weighted by Crippen LogP contribution is 2.48. The van der Waals surface area contributed by atoms with Gasteiger partial charge in [-0.05, 0) is 55.0 Å². The minimum absolute atomic E-state index is 0.0737. The van der Waals surface area contributed by atoms with Crippen LogP contribution in [0.25, 0.3) is 31.8 Å². The van der Waals surface area contributed by atoms with Crippen LogP contribution in [0.15, 0.2) is 45.6 Å². The first-order valence-electron chi connectivity index (χ1n) is 10.8. The van der Waals surface area contributed by atoms with E-state index in [1.165, 1.54) is 22.6 Å². The molecule has 4 heterocycles. The molecule has 0 amide bonds. The molecular weight excluding hydrogens is 406 g/mol. The smallest absolute Gasteiger partial charge is 0.346 e. The van der Waals surface area contributed by atoms with Gasteiger partial charge < -0.3 is 15.1 Å². The number of nitrogens with zero attached hydrogens (tertiary/aromatic N) is 2. The Kier molecular flexibility index (Phi) is 3.79. The second-order valence-corrected chi connectivity index (χ2v) is 11.0. The maximum absolute atomic E-state index is 13.1. The Bertz CT molecular complexity index is 1400.